The third kappa shape index (κ3) is 3.59. The SMILES string of the molecule is CCOC(=O)c1c(C2CCN(S(=O)(=O)CC)CC2)nn2c1O[C@H](C)CC2. The van der Waals surface area contributed by atoms with Crippen LogP contribution in [0.3, 0.4) is 0 Å². The van der Waals surface area contributed by atoms with Crippen LogP contribution in [-0.2, 0) is 21.3 Å². The van der Waals surface area contributed by atoms with Crippen LogP contribution in [0.4, 0.5) is 0 Å². The predicted molar refractivity (Wildman–Crippen MR) is 95.9 cm³/mol. The van der Waals surface area contributed by atoms with Crippen molar-refractivity contribution in [1.29, 1.82) is 0 Å². The quantitative estimate of drug-likeness (QED) is 0.718. The van der Waals surface area contributed by atoms with Crippen LogP contribution in [0.2, 0.25) is 0 Å². The van der Waals surface area contributed by atoms with Gasteiger partial charge in [-0.3, -0.25) is 0 Å². The second-order valence-corrected chi connectivity index (χ2v) is 9.06. The molecule has 146 valence electrons. The van der Waals surface area contributed by atoms with Crippen LogP contribution in [0, 0.1) is 0 Å². The lowest BCUT2D eigenvalue weighted by atomic mass is 9.92. The number of sulfonamides is 1. The van der Waals surface area contributed by atoms with E-state index in [1.165, 1.54) is 4.31 Å². The fourth-order valence-corrected chi connectivity index (χ4v) is 4.69. The van der Waals surface area contributed by atoms with Gasteiger partial charge < -0.3 is 9.47 Å². The minimum atomic E-state index is -3.18. The van der Waals surface area contributed by atoms with E-state index < -0.39 is 16.0 Å². The van der Waals surface area contributed by atoms with Crippen molar-refractivity contribution in [3.8, 4) is 5.88 Å². The number of hydrogen-bond donors (Lipinski definition) is 0. The summed E-state index contributed by atoms with van der Waals surface area (Å²) in [6, 6.07) is 0. The molecule has 0 N–H and O–H groups in total. The van der Waals surface area contributed by atoms with Crippen LogP contribution in [0.25, 0.3) is 0 Å². The first-order valence-electron chi connectivity index (χ1n) is 9.29. The van der Waals surface area contributed by atoms with Crippen molar-refractivity contribution in [2.45, 2.75) is 58.6 Å². The number of ether oxygens (including phenoxy) is 2. The maximum atomic E-state index is 12.6. The van der Waals surface area contributed by atoms with Crippen molar-refractivity contribution in [3.63, 3.8) is 0 Å². The van der Waals surface area contributed by atoms with Crippen molar-refractivity contribution in [2.75, 3.05) is 25.4 Å². The van der Waals surface area contributed by atoms with Crippen LogP contribution >= 0.6 is 0 Å². The Morgan fingerprint density at radius 3 is 2.54 bits per heavy atom. The van der Waals surface area contributed by atoms with E-state index in [0.717, 1.165) is 6.42 Å². The van der Waals surface area contributed by atoms with Gasteiger partial charge in [-0.05, 0) is 33.6 Å². The molecular weight excluding hydrogens is 358 g/mol. The highest BCUT2D eigenvalue weighted by Gasteiger charge is 2.36. The molecule has 0 aromatic carbocycles. The van der Waals surface area contributed by atoms with Gasteiger partial charge in [0, 0.05) is 32.0 Å². The fourth-order valence-electron chi connectivity index (χ4n) is 3.56. The second kappa shape index (κ2) is 7.56. The molecule has 0 radical (unpaired) electrons. The van der Waals surface area contributed by atoms with Crippen molar-refractivity contribution >= 4 is 16.0 Å². The Labute approximate surface area is 154 Å². The molecule has 9 heteroatoms. The van der Waals surface area contributed by atoms with Gasteiger partial charge in [-0.1, -0.05) is 0 Å². The molecule has 2 aliphatic heterocycles. The second-order valence-electron chi connectivity index (χ2n) is 6.80. The van der Waals surface area contributed by atoms with E-state index in [-0.39, 0.29) is 24.4 Å². The predicted octanol–water partition coefficient (Wildman–Crippen LogP) is 1.76. The molecule has 1 saturated heterocycles. The highest BCUT2D eigenvalue weighted by molar-refractivity contribution is 7.89. The molecule has 0 saturated carbocycles. The van der Waals surface area contributed by atoms with E-state index in [2.05, 4.69) is 5.10 Å². The summed E-state index contributed by atoms with van der Waals surface area (Å²) in [5.74, 6) is 0.202. The van der Waals surface area contributed by atoms with Crippen LogP contribution in [0.15, 0.2) is 0 Å². The Morgan fingerprint density at radius 2 is 1.92 bits per heavy atom. The minimum Gasteiger partial charge on any atom is -0.474 e. The van der Waals surface area contributed by atoms with Gasteiger partial charge >= 0.3 is 5.97 Å². The number of esters is 1. The van der Waals surface area contributed by atoms with E-state index in [1.54, 1.807) is 18.5 Å². The van der Waals surface area contributed by atoms with Crippen molar-refractivity contribution in [1.82, 2.24) is 14.1 Å². The number of piperidine rings is 1. The summed E-state index contributed by atoms with van der Waals surface area (Å²) < 4.78 is 38.5. The summed E-state index contributed by atoms with van der Waals surface area (Å²) in [6.45, 7) is 7.27. The van der Waals surface area contributed by atoms with Crippen molar-refractivity contribution in [2.24, 2.45) is 0 Å². The average molecular weight is 385 g/mol. The van der Waals surface area contributed by atoms with E-state index >= 15 is 0 Å². The molecule has 3 rings (SSSR count). The maximum Gasteiger partial charge on any atom is 0.345 e. The Hall–Kier alpha value is -1.61. The molecule has 1 atom stereocenters. The summed E-state index contributed by atoms with van der Waals surface area (Å²) in [5.41, 5.74) is 1.09. The number of aromatic nitrogens is 2. The highest BCUT2D eigenvalue weighted by atomic mass is 32.2. The number of hydrogen-bond acceptors (Lipinski definition) is 6. The van der Waals surface area contributed by atoms with Gasteiger partial charge in [0.25, 0.3) is 0 Å². The summed E-state index contributed by atoms with van der Waals surface area (Å²) in [7, 11) is -3.18. The molecule has 0 aliphatic carbocycles. The van der Waals surface area contributed by atoms with Gasteiger partial charge in [-0.2, -0.15) is 5.10 Å². The Balaban J connectivity index is 1.87. The van der Waals surface area contributed by atoms with Crippen LogP contribution < -0.4 is 4.74 Å². The third-order valence-electron chi connectivity index (χ3n) is 5.07. The highest BCUT2D eigenvalue weighted by Crippen LogP contribution is 2.37. The van der Waals surface area contributed by atoms with E-state index in [1.807, 2.05) is 6.92 Å². The number of carbonyl (C=O) groups is 1. The smallest absolute Gasteiger partial charge is 0.345 e. The monoisotopic (exact) mass is 385 g/mol. The minimum absolute atomic E-state index is 0.0229. The first-order chi connectivity index (χ1) is 12.4. The Kier molecular flexibility index (Phi) is 5.57. The van der Waals surface area contributed by atoms with Gasteiger partial charge in [0.15, 0.2) is 0 Å². The normalized spacial score (nSPS) is 21.9. The molecule has 2 aliphatic rings. The summed E-state index contributed by atoms with van der Waals surface area (Å²) in [5, 5.41) is 4.64. The van der Waals surface area contributed by atoms with Crippen LogP contribution in [0.5, 0.6) is 5.88 Å². The number of carbonyl (C=O) groups excluding carboxylic acids is 1. The first-order valence-corrected chi connectivity index (χ1v) is 10.9. The molecule has 0 amide bonds. The van der Waals surface area contributed by atoms with Gasteiger partial charge in [0.2, 0.25) is 15.9 Å². The Morgan fingerprint density at radius 1 is 1.23 bits per heavy atom. The third-order valence-corrected chi connectivity index (χ3v) is 6.95. The fraction of sp³-hybridized carbons (Fsp3) is 0.765. The lowest BCUT2D eigenvalue weighted by Crippen LogP contribution is -2.39. The lowest BCUT2D eigenvalue weighted by Gasteiger charge is -2.30. The summed E-state index contributed by atoms with van der Waals surface area (Å²) >= 11 is 0. The largest absolute Gasteiger partial charge is 0.474 e. The molecule has 8 nitrogen and oxygen atoms in total. The van der Waals surface area contributed by atoms with Gasteiger partial charge in [-0.25, -0.2) is 22.2 Å². The van der Waals surface area contributed by atoms with E-state index in [9.17, 15) is 13.2 Å². The molecule has 0 bridgehead atoms. The molecule has 0 spiro atoms. The van der Waals surface area contributed by atoms with Crippen LogP contribution in [-0.4, -0.2) is 60.0 Å². The molecule has 1 aromatic heterocycles. The van der Waals surface area contributed by atoms with Crippen molar-refractivity contribution in [3.05, 3.63) is 11.3 Å². The van der Waals surface area contributed by atoms with Gasteiger partial charge in [-0.15, -0.1) is 0 Å². The van der Waals surface area contributed by atoms with E-state index in [4.69, 9.17) is 9.47 Å². The zero-order valence-corrected chi connectivity index (χ0v) is 16.4. The van der Waals surface area contributed by atoms with E-state index in [0.29, 0.717) is 49.6 Å². The number of nitrogens with zero attached hydrogens (tertiary/aromatic N) is 3. The molecule has 1 aromatic rings. The molecule has 1 fully saturated rings. The van der Waals surface area contributed by atoms with Crippen molar-refractivity contribution < 1.29 is 22.7 Å². The number of aryl methyl sites for hydroxylation is 1. The van der Waals surface area contributed by atoms with Gasteiger partial charge in [0.05, 0.1) is 24.2 Å². The van der Waals surface area contributed by atoms with Gasteiger partial charge in [0.1, 0.15) is 5.56 Å². The standard InChI is InChI=1S/C17H27N3O5S/c1-4-24-17(21)14-15(18-20-11-6-12(3)25-16(14)20)13-7-9-19(10-8-13)26(22,23)5-2/h12-13H,4-11H2,1-3H3/t12-/m1/s1. The molecular formula is C17H27N3O5S. The maximum absolute atomic E-state index is 12.6. The summed E-state index contributed by atoms with van der Waals surface area (Å²) in [6.07, 6.45) is 2.13. The lowest BCUT2D eigenvalue weighted by molar-refractivity contribution is 0.0512. The van der Waals surface area contributed by atoms with Crippen LogP contribution in [0.1, 0.15) is 62.0 Å². The zero-order valence-electron chi connectivity index (χ0n) is 15.6. The first kappa shape index (κ1) is 19.2. The molecule has 0 unspecified atom stereocenters. The zero-order chi connectivity index (χ0) is 18.9. The number of rotatable bonds is 5. The summed E-state index contributed by atoms with van der Waals surface area (Å²) in [4.78, 5) is 12.6. The topological polar surface area (TPSA) is 90.7 Å². The average Bonchev–Trinajstić information content (AvgIpc) is 3.00. The number of fused-ring (bicyclic) bond motifs is 1. The Bertz CT molecular complexity index is 766. The molecule has 3 heterocycles. The molecule has 26 heavy (non-hydrogen) atoms.